The monoisotopic (exact) mass is 668 g/mol. The van der Waals surface area contributed by atoms with Crippen molar-refractivity contribution in [2.75, 3.05) is 10.2 Å². The molecular weight excluding hydrogens is 644 g/mol. The van der Waals surface area contributed by atoms with E-state index in [-0.39, 0.29) is 29.5 Å². The zero-order valence-electron chi connectivity index (χ0n) is 23.0. The quantitative estimate of drug-likeness (QED) is 0.162. The van der Waals surface area contributed by atoms with Crippen molar-refractivity contribution in [1.82, 2.24) is 5.32 Å². The molecule has 0 spiro atoms. The highest BCUT2D eigenvalue weighted by Crippen LogP contribution is 2.34. The van der Waals surface area contributed by atoms with Gasteiger partial charge in [-0.3, -0.25) is 24.0 Å². The lowest BCUT2D eigenvalue weighted by Gasteiger charge is -2.15. The number of hydrogen-bond donors (Lipinski definition) is 3. The molecule has 1 unspecified atom stereocenters. The molecule has 0 aliphatic carbocycles. The van der Waals surface area contributed by atoms with Gasteiger partial charge in [0, 0.05) is 32.6 Å². The summed E-state index contributed by atoms with van der Waals surface area (Å²) < 4.78 is 0.819. The molecule has 1 saturated heterocycles. The van der Waals surface area contributed by atoms with Gasteiger partial charge in [-0.15, -0.1) is 11.8 Å². The van der Waals surface area contributed by atoms with E-state index in [9.17, 15) is 24.0 Å². The van der Waals surface area contributed by atoms with Crippen molar-refractivity contribution in [1.29, 1.82) is 0 Å². The van der Waals surface area contributed by atoms with Crippen LogP contribution in [0.25, 0.3) is 6.08 Å². The average molecular weight is 670 g/mol. The molecule has 4 N–H and O–H groups in total. The lowest BCUT2D eigenvalue weighted by Crippen LogP contribution is -2.31. The maximum atomic E-state index is 13.3. The van der Waals surface area contributed by atoms with E-state index >= 15 is 0 Å². The minimum absolute atomic E-state index is 0.0183. The fourth-order valence-electron chi connectivity index (χ4n) is 4.43. The number of carbonyl (C=O) groups is 5. The van der Waals surface area contributed by atoms with Crippen molar-refractivity contribution in [3.05, 3.63) is 130 Å². The van der Waals surface area contributed by atoms with E-state index in [1.54, 1.807) is 60.7 Å². The molecule has 0 aromatic heterocycles. The van der Waals surface area contributed by atoms with Gasteiger partial charge in [-0.2, -0.15) is 0 Å². The van der Waals surface area contributed by atoms with Crippen molar-refractivity contribution in [2.24, 2.45) is 5.73 Å². The molecule has 0 saturated carbocycles. The van der Waals surface area contributed by atoms with Gasteiger partial charge < -0.3 is 16.4 Å². The summed E-state index contributed by atoms with van der Waals surface area (Å²) in [5.74, 6) is -2.25. The maximum absolute atomic E-state index is 13.3. The minimum Gasteiger partial charge on any atom is -0.366 e. The Bertz CT molecular complexity index is 1780. The van der Waals surface area contributed by atoms with Crippen LogP contribution in [0.2, 0.25) is 0 Å². The molecule has 0 radical (unpaired) electrons. The predicted molar refractivity (Wildman–Crippen MR) is 173 cm³/mol. The molecule has 4 aromatic carbocycles. The standard InChI is InChI=1S/C33H25BrN4O5S/c34-23-8-4-5-20(17-23)18-27(37-31(41)22-6-2-1-3-7-22)32(42)36-24-11-15-26(16-12-24)44-28-19-29(39)38(33(28)43)25-13-9-21(10-14-25)30(35)40/h1-18,28H,19H2,(H2,35,40)(H,36,42)(H,37,41)/b27-18-. The second-order valence-electron chi connectivity index (χ2n) is 9.70. The Morgan fingerprint density at radius 1 is 0.864 bits per heavy atom. The van der Waals surface area contributed by atoms with Crippen LogP contribution in [0.5, 0.6) is 0 Å². The highest BCUT2D eigenvalue weighted by molar-refractivity contribution is 9.10. The summed E-state index contributed by atoms with van der Waals surface area (Å²) >= 11 is 4.66. The van der Waals surface area contributed by atoms with Gasteiger partial charge in [0.25, 0.3) is 11.8 Å². The summed E-state index contributed by atoms with van der Waals surface area (Å²) in [5.41, 5.74) is 7.56. The van der Waals surface area contributed by atoms with Crippen LogP contribution in [0.4, 0.5) is 11.4 Å². The second kappa shape index (κ2) is 13.5. The van der Waals surface area contributed by atoms with Gasteiger partial charge in [0.05, 0.1) is 10.9 Å². The SMILES string of the molecule is NC(=O)c1ccc(N2C(=O)CC(Sc3ccc(NC(=O)/C(=C/c4cccc(Br)c4)NC(=O)c4ccccc4)cc3)C2=O)cc1. The van der Waals surface area contributed by atoms with Crippen LogP contribution in [0.15, 0.2) is 118 Å². The Hall–Kier alpha value is -5.00. The topological polar surface area (TPSA) is 139 Å². The maximum Gasteiger partial charge on any atom is 0.272 e. The first-order valence-electron chi connectivity index (χ1n) is 13.4. The number of imide groups is 1. The normalized spacial score (nSPS) is 14.8. The average Bonchev–Trinajstić information content (AvgIpc) is 3.30. The highest BCUT2D eigenvalue weighted by atomic mass is 79.9. The molecule has 4 aromatic rings. The second-order valence-corrected chi connectivity index (χ2v) is 11.9. The molecule has 9 nitrogen and oxygen atoms in total. The summed E-state index contributed by atoms with van der Waals surface area (Å²) in [6, 6.07) is 28.7. The van der Waals surface area contributed by atoms with Gasteiger partial charge in [-0.25, -0.2) is 4.90 Å². The van der Waals surface area contributed by atoms with E-state index < -0.39 is 23.0 Å². The number of carbonyl (C=O) groups excluding carboxylic acids is 5. The number of rotatable bonds is 9. The predicted octanol–water partition coefficient (Wildman–Crippen LogP) is 5.38. The third-order valence-electron chi connectivity index (χ3n) is 6.59. The number of nitrogens with two attached hydrogens (primary N) is 1. The largest absolute Gasteiger partial charge is 0.366 e. The van der Waals surface area contributed by atoms with E-state index in [4.69, 9.17) is 5.73 Å². The Morgan fingerprint density at radius 2 is 1.57 bits per heavy atom. The summed E-state index contributed by atoms with van der Waals surface area (Å²) in [7, 11) is 0. The van der Waals surface area contributed by atoms with Crippen LogP contribution in [0.3, 0.4) is 0 Å². The molecular formula is C33H25BrN4O5S. The number of primary amides is 1. The van der Waals surface area contributed by atoms with E-state index in [0.717, 1.165) is 14.3 Å². The number of nitrogens with one attached hydrogen (secondary N) is 2. The molecule has 5 amide bonds. The van der Waals surface area contributed by atoms with E-state index in [0.29, 0.717) is 22.5 Å². The van der Waals surface area contributed by atoms with Gasteiger partial charge in [0.15, 0.2) is 0 Å². The molecule has 220 valence electrons. The molecule has 1 aliphatic rings. The number of amides is 5. The Kier molecular flexibility index (Phi) is 9.37. The van der Waals surface area contributed by atoms with Crippen LogP contribution in [0.1, 0.15) is 32.7 Å². The minimum atomic E-state index is -0.633. The molecule has 5 rings (SSSR count). The Balaban J connectivity index is 1.27. The smallest absolute Gasteiger partial charge is 0.272 e. The number of thioether (sulfide) groups is 1. The number of benzene rings is 4. The molecule has 1 atom stereocenters. The van der Waals surface area contributed by atoms with Crippen LogP contribution in [-0.2, 0) is 14.4 Å². The number of halogens is 1. The number of nitrogens with zero attached hydrogens (tertiary/aromatic N) is 1. The number of hydrogen-bond acceptors (Lipinski definition) is 6. The van der Waals surface area contributed by atoms with E-state index in [1.165, 1.54) is 36.0 Å². The fraction of sp³-hybridized carbons (Fsp3) is 0.0606. The molecule has 1 aliphatic heterocycles. The lowest BCUT2D eigenvalue weighted by molar-refractivity contribution is -0.121. The first-order valence-corrected chi connectivity index (χ1v) is 15.0. The van der Waals surface area contributed by atoms with Crippen molar-refractivity contribution in [2.45, 2.75) is 16.6 Å². The van der Waals surface area contributed by atoms with Crippen LogP contribution < -0.4 is 21.3 Å². The molecule has 1 heterocycles. The summed E-state index contributed by atoms with van der Waals surface area (Å²) in [4.78, 5) is 65.1. The lowest BCUT2D eigenvalue weighted by atomic mass is 10.1. The van der Waals surface area contributed by atoms with Gasteiger partial charge in [0.1, 0.15) is 5.70 Å². The molecule has 44 heavy (non-hydrogen) atoms. The van der Waals surface area contributed by atoms with E-state index in [1.807, 2.05) is 24.3 Å². The van der Waals surface area contributed by atoms with E-state index in [2.05, 4.69) is 26.6 Å². The van der Waals surface area contributed by atoms with Gasteiger partial charge in [-0.05, 0) is 84.4 Å². The zero-order valence-corrected chi connectivity index (χ0v) is 25.4. The third kappa shape index (κ3) is 7.31. The summed E-state index contributed by atoms with van der Waals surface area (Å²) in [6.07, 6.45) is 1.60. The number of anilines is 2. The molecule has 1 fully saturated rings. The van der Waals surface area contributed by atoms with Crippen molar-refractivity contribution in [3.8, 4) is 0 Å². The molecule has 11 heteroatoms. The van der Waals surface area contributed by atoms with Gasteiger partial charge in [0.2, 0.25) is 17.7 Å². The summed E-state index contributed by atoms with van der Waals surface area (Å²) in [6.45, 7) is 0. The summed E-state index contributed by atoms with van der Waals surface area (Å²) in [5, 5.41) is 4.88. The van der Waals surface area contributed by atoms with Crippen LogP contribution in [-0.4, -0.2) is 34.8 Å². The van der Waals surface area contributed by atoms with Crippen LogP contribution in [0, 0.1) is 0 Å². The van der Waals surface area contributed by atoms with Crippen molar-refractivity contribution < 1.29 is 24.0 Å². The van der Waals surface area contributed by atoms with Gasteiger partial charge in [-0.1, -0.05) is 46.3 Å². The van der Waals surface area contributed by atoms with Crippen molar-refractivity contribution >= 4 is 74.7 Å². The fourth-order valence-corrected chi connectivity index (χ4v) is 5.90. The van der Waals surface area contributed by atoms with Crippen molar-refractivity contribution in [3.63, 3.8) is 0 Å². The first-order chi connectivity index (χ1) is 21.2. The van der Waals surface area contributed by atoms with Gasteiger partial charge >= 0.3 is 0 Å². The Morgan fingerprint density at radius 3 is 2.23 bits per heavy atom. The third-order valence-corrected chi connectivity index (χ3v) is 8.28. The first kappa shape index (κ1) is 30.5. The van der Waals surface area contributed by atoms with Crippen LogP contribution >= 0.6 is 27.7 Å². The Labute approximate surface area is 265 Å². The zero-order chi connectivity index (χ0) is 31.2. The molecule has 0 bridgehead atoms. The highest BCUT2D eigenvalue weighted by Gasteiger charge is 2.40.